The molecule has 1 rings (SSSR count). The van der Waals surface area contributed by atoms with E-state index < -0.39 is 21.9 Å². The van der Waals surface area contributed by atoms with Gasteiger partial charge in [0, 0.05) is 13.6 Å². The molecule has 0 saturated carbocycles. The van der Waals surface area contributed by atoms with Crippen LogP contribution in [0.3, 0.4) is 0 Å². The van der Waals surface area contributed by atoms with E-state index in [-0.39, 0.29) is 12.3 Å². The van der Waals surface area contributed by atoms with E-state index in [1.165, 1.54) is 14.0 Å². The molecule has 1 unspecified atom stereocenters. The van der Waals surface area contributed by atoms with Gasteiger partial charge in [0.1, 0.15) is 0 Å². The minimum Gasteiger partial charge on any atom is -0.481 e. The number of carbonyl (C=O) groups is 1. The van der Waals surface area contributed by atoms with Gasteiger partial charge in [0.25, 0.3) is 0 Å². The first-order valence-electron chi connectivity index (χ1n) is 5.94. The molecule has 1 aromatic carbocycles. The van der Waals surface area contributed by atoms with Crippen LogP contribution in [0.2, 0.25) is 0 Å². The first-order valence-corrected chi connectivity index (χ1v) is 7.55. The van der Waals surface area contributed by atoms with Crippen LogP contribution >= 0.6 is 0 Å². The molecule has 0 bridgehead atoms. The predicted molar refractivity (Wildman–Crippen MR) is 73.2 cm³/mol. The van der Waals surface area contributed by atoms with E-state index in [1.54, 1.807) is 12.1 Å². The van der Waals surface area contributed by atoms with Crippen LogP contribution in [0.25, 0.3) is 0 Å². The van der Waals surface area contributed by atoms with Gasteiger partial charge in [0.2, 0.25) is 10.0 Å². The lowest BCUT2D eigenvalue weighted by atomic mass is 10.2. The first-order chi connectivity index (χ1) is 8.72. The van der Waals surface area contributed by atoms with Crippen molar-refractivity contribution in [3.8, 4) is 0 Å². The summed E-state index contributed by atoms with van der Waals surface area (Å²) in [6, 6.07) is 7.23. The van der Waals surface area contributed by atoms with Crippen LogP contribution in [0, 0.1) is 12.8 Å². The van der Waals surface area contributed by atoms with Gasteiger partial charge in [-0.1, -0.05) is 36.8 Å². The van der Waals surface area contributed by atoms with Crippen LogP contribution in [0.15, 0.2) is 24.3 Å². The van der Waals surface area contributed by atoms with Crippen molar-refractivity contribution in [3.63, 3.8) is 0 Å². The van der Waals surface area contributed by atoms with E-state index in [0.29, 0.717) is 5.56 Å². The first kappa shape index (κ1) is 15.7. The topological polar surface area (TPSA) is 74.7 Å². The summed E-state index contributed by atoms with van der Waals surface area (Å²) >= 11 is 0. The summed E-state index contributed by atoms with van der Waals surface area (Å²) in [5.41, 5.74) is 1.76. The minimum atomic E-state index is -3.48. The number of benzene rings is 1. The summed E-state index contributed by atoms with van der Waals surface area (Å²) in [7, 11) is -2.08. The van der Waals surface area contributed by atoms with Gasteiger partial charge in [0.05, 0.1) is 11.7 Å². The second-order valence-corrected chi connectivity index (χ2v) is 6.84. The Balaban J connectivity index is 2.75. The predicted octanol–water partition coefficient (Wildman–Crippen LogP) is 1.48. The van der Waals surface area contributed by atoms with Gasteiger partial charge >= 0.3 is 5.97 Å². The average Bonchev–Trinajstić information content (AvgIpc) is 2.31. The second-order valence-electron chi connectivity index (χ2n) is 4.76. The number of nitrogens with zero attached hydrogens (tertiary/aromatic N) is 1. The molecule has 19 heavy (non-hydrogen) atoms. The highest BCUT2D eigenvalue weighted by atomic mass is 32.2. The zero-order valence-corrected chi connectivity index (χ0v) is 12.1. The monoisotopic (exact) mass is 285 g/mol. The molecule has 6 heteroatoms. The van der Waals surface area contributed by atoms with Crippen LogP contribution < -0.4 is 0 Å². The molecular weight excluding hydrogens is 266 g/mol. The molecule has 0 aliphatic heterocycles. The number of aryl methyl sites for hydroxylation is 1. The standard InChI is InChI=1S/C13H19NO4S/c1-10-4-6-12(7-5-10)9-19(17,18)14(3)8-11(2)13(15)16/h4-7,11H,8-9H2,1-3H3,(H,15,16). The fourth-order valence-electron chi connectivity index (χ4n) is 1.58. The van der Waals surface area contributed by atoms with Gasteiger partial charge in [0.15, 0.2) is 0 Å². The van der Waals surface area contributed by atoms with Crippen LogP contribution in [0.5, 0.6) is 0 Å². The van der Waals surface area contributed by atoms with Crippen molar-refractivity contribution in [1.82, 2.24) is 4.31 Å². The summed E-state index contributed by atoms with van der Waals surface area (Å²) in [6.07, 6.45) is 0. The van der Waals surface area contributed by atoms with Crippen molar-refractivity contribution in [1.29, 1.82) is 0 Å². The van der Waals surface area contributed by atoms with Gasteiger partial charge in [-0.2, -0.15) is 0 Å². The molecule has 1 N–H and O–H groups in total. The number of rotatable bonds is 6. The van der Waals surface area contributed by atoms with Gasteiger partial charge in [-0.15, -0.1) is 0 Å². The molecule has 0 amide bonds. The quantitative estimate of drug-likeness (QED) is 0.859. The van der Waals surface area contributed by atoms with Crippen LogP contribution in [-0.4, -0.2) is 37.4 Å². The van der Waals surface area contributed by atoms with Gasteiger partial charge in [-0.3, -0.25) is 4.79 Å². The van der Waals surface area contributed by atoms with Crippen LogP contribution in [-0.2, 0) is 20.6 Å². The Hall–Kier alpha value is -1.40. The van der Waals surface area contributed by atoms with E-state index in [9.17, 15) is 13.2 Å². The highest BCUT2D eigenvalue weighted by molar-refractivity contribution is 7.88. The fraction of sp³-hybridized carbons (Fsp3) is 0.462. The Morgan fingerprint density at radius 2 is 1.84 bits per heavy atom. The number of sulfonamides is 1. The van der Waals surface area contributed by atoms with Gasteiger partial charge < -0.3 is 5.11 Å². The maximum absolute atomic E-state index is 12.1. The van der Waals surface area contributed by atoms with Crippen molar-refractivity contribution in [2.45, 2.75) is 19.6 Å². The maximum atomic E-state index is 12.1. The lowest BCUT2D eigenvalue weighted by Gasteiger charge is -2.19. The summed E-state index contributed by atoms with van der Waals surface area (Å²) < 4.78 is 25.3. The Morgan fingerprint density at radius 1 is 1.32 bits per heavy atom. The molecular formula is C13H19NO4S. The lowest BCUT2D eigenvalue weighted by Crippen LogP contribution is -2.34. The highest BCUT2D eigenvalue weighted by Gasteiger charge is 2.23. The molecule has 0 heterocycles. The molecule has 0 fully saturated rings. The zero-order chi connectivity index (χ0) is 14.6. The van der Waals surface area contributed by atoms with E-state index in [1.807, 2.05) is 19.1 Å². The third kappa shape index (κ3) is 4.65. The highest BCUT2D eigenvalue weighted by Crippen LogP contribution is 2.12. The molecule has 0 saturated heterocycles. The number of carboxylic acids is 1. The van der Waals surface area contributed by atoms with E-state index >= 15 is 0 Å². The van der Waals surface area contributed by atoms with Crippen LogP contribution in [0.4, 0.5) is 0 Å². The molecule has 0 aromatic heterocycles. The van der Waals surface area contributed by atoms with Crippen molar-refractivity contribution < 1.29 is 18.3 Å². The van der Waals surface area contributed by atoms with Crippen molar-refractivity contribution in [2.75, 3.05) is 13.6 Å². The molecule has 0 radical (unpaired) electrons. The summed E-state index contributed by atoms with van der Waals surface area (Å²) in [6.45, 7) is 3.39. The Labute approximate surface area is 113 Å². The SMILES string of the molecule is Cc1ccc(CS(=O)(=O)N(C)CC(C)C(=O)O)cc1. The Morgan fingerprint density at radius 3 is 2.32 bits per heavy atom. The largest absolute Gasteiger partial charge is 0.481 e. The molecule has 5 nitrogen and oxygen atoms in total. The van der Waals surface area contributed by atoms with Crippen LogP contribution in [0.1, 0.15) is 18.1 Å². The average molecular weight is 285 g/mol. The smallest absolute Gasteiger partial charge is 0.307 e. The number of hydrogen-bond donors (Lipinski definition) is 1. The normalized spacial score (nSPS) is 13.5. The van der Waals surface area contributed by atoms with E-state index in [0.717, 1.165) is 9.87 Å². The molecule has 0 aliphatic rings. The Kier molecular flexibility index (Phi) is 5.08. The minimum absolute atomic E-state index is 0.0243. The van der Waals surface area contributed by atoms with Gasteiger partial charge in [-0.05, 0) is 12.5 Å². The van der Waals surface area contributed by atoms with Gasteiger partial charge in [-0.25, -0.2) is 12.7 Å². The fourth-order valence-corrected chi connectivity index (χ4v) is 2.87. The molecule has 0 spiro atoms. The number of aliphatic carboxylic acids is 1. The van der Waals surface area contributed by atoms with Crippen molar-refractivity contribution >= 4 is 16.0 Å². The van der Waals surface area contributed by atoms with E-state index in [2.05, 4.69) is 0 Å². The van der Waals surface area contributed by atoms with Crippen molar-refractivity contribution in [2.24, 2.45) is 5.92 Å². The Bertz CT molecular complexity index is 536. The summed E-state index contributed by atoms with van der Waals surface area (Å²) in [4.78, 5) is 10.7. The third-order valence-corrected chi connectivity index (χ3v) is 4.69. The molecule has 0 aliphatic carbocycles. The number of hydrogen-bond acceptors (Lipinski definition) is 3. The van der Waals surface area contributed by atoms with E-state index in [4.69, 9.17) is 5.11 Å². The molecule has 1 atom stereocenters. The summed E-state index contributed by atoms with van der Waals surface area (Å²) in [5, 5.41) is 8.80. The molecule has 106 valence electrons. The number of carboxylic acid groups (broad SMARTS) is 1. The third-order valence-electron chi connectivity index (χ3n) is 2.90. The summed E-state index contributed by atoms with van der Waals surface area (Å²) in [5.74, 6) is -1.84. The molecule has 1 aromatic rings. The maximum Gasteiger partial charge on any atom is 0.307 e. The lowest BCUT2D eigenvalue weighted by molar-refractivity contribution is -0.141. The second kappa shape index (κ2) is 6.16. The van der Waals surface area contributed by atoms with Crippen molar-refractivity contribution in [3.05, 3.63) is 35.4 Å². The zero-order valence-electron chi connectivity index (χ0n) is 11.3.